The van der Waals surface area contributed by atoms with Crippen LogP contribution in [0.25, 0.3) is 0 Å². The predicted octanol–water partition coefficient (Wildman–Crippen LogP) is 6.67. The number of hydrogen-bond donors (Lipinski definition) is 0. The lowest BCUT2D eigenvalue weighted by Crippen LogP contribution is -2.33. The van der Waals surface area contributed by atoms with Gasteiger partial charge in [0, 0.05) is 23.7 Å². The van der Waals surface area contributed by atoms with Crippen molar-refractivity contribution in [2.75, 3.05) is 4.90 Å². The third kappa shape index (κ3) is 5.11. The summed E-state index contributed by atoms with van der Waals surface area (Å²) in [5.74, 6) is -0.249. The van der Waals surface area contributed by atoms with Crippen molar-refractivity contribution in [1.82, 2.24) is 0 Å². The first kappa shape index (κ1) is 21.0. The first-order valence-corrected chi connectivity index (χ1v) is 11.3. The van der Waals surface area contributed by atoms with Gasteiger partial charge in [-0.1, -0.05) is 86.0 Å². The molecule has 3 aromatic rings. The number of para-hydroxylation sites is 2. The zero-order valence-corrected chi connectivity index (χ0v) is 17.8. The van der Waals surface area contributed by atoms with Crippen molar-refractivity contribution in [3.63, 3.8) is 0 Å². The van der Waals surface area contributed by atoms with E-state index in [-0.39, 0.29) is 24.0 Å². The molecule has 0 aliphatic heterocycles. The molecule has 3 heteroatoms. The highest BCUT2D eigenvalue weighted by Crippen LogP contribution is 2.34. The highest BCUT2D eigenvalue weighted by molar-refractivity contribution is 6.06. The van der Waals surface area contributed by atoms with E-state index in [2.05, 4.69) is 0 Å². The van der Waals surface area contributed by atoms with Crippen molar-refractivity contribution in [3.8, 4) is 0 Å². The SMILES string of the molecule is O=C(C[C@H](C(=O)N(c1ccccc1)c1ccccc1)c1ccccc1)C1CCCCC1. The molecule has 1 aliphatic rings. The Morgan fingerprint density at radius 3 is 1.71 bits per heavy atom. The van der Waals surface area contributed by atoms with Gasteiger partial charge in [-0.15, -0.1) is 0 Å². The predicted molar refractivity (Wildman–Crippen MR) is 125 cm³/mol. The van der Waals surface area contributed by atoms with Crippen LogP contribution in [0.3, 0.4) is 0 Å². The molecule has 1 saturated carbocycles. The van der Waals surface area contributed by atoms with Crippen molar-refractivity contribution in [1.29, 1.82) is 0 Å². The molecule has 0 aromatic heterocycles. The average molecular weight is 412 g/mol. The molecule has 0 bridgehead atoms. The Bertz CT molecular complexity index is 940. The van der Waals surface area contributed by atoms with Crippen LogP contribution in [-0.2, 0) is 9.59 Å². The van der Waals surface area contributed by atoms with E-state index in [0.717, 1.165) is 42.6 Å². The number of benzene rings is 3. The Hall–Kier alpha value is -3.20. The van der Waals surface area contributed by atoms with Crippen LogP contribution in [0.15, 0.2) is 91.0 Å². The Balaban J connectivity index is 1.70. The van der Waals surface area contributed by atoms with Crippen LogP contribution in [0, 0.1) is 5.92 Å². The van der Waals surface area contributed by atoms with Crippen LogP contribution in [-0.4, -0.2) is 11.7 Å². The molecule has 31 heavy (non-hydrogen) atoms. The van der Waals surface area contributed by atoms with Gasteiger partial charge in [-0.05, 0) is 42.7 Å². The van der Waals surface area contributed by atoms with Crippen LogP contribution in [0.4, 0.5) is 11.4 Å². The molecule has 1 aliphatic carbocycles. The molecule has 1 atom stereocenters. The highest BCUT2D eigenvalue weighted by atomic mass is 16.2. The van der Waals surface area contributed by atoms with Crippen LogP contribution >= 0.6 is 0 Å². The largest absolute Gasteiger partial charge is 0.299 e. The van der Waals surface area contributed by atoms with Crippen molar-refractivity contribution in [3.05, 3.63) is 96.6 Å². The molecule has 158 valence electrons. The van der Waals surface area contributed by atoms with E-state index in [9.17, 15) is 9.59 Å². The molecular formula is C28H29NO2. The Morgan fingerprint density at radius 1 is 0.710 bits per heavy atom. The maximum atomic E-state index is 14.0. The summed E-state index contributed by atoms with van der Waals surface area (Å²) in [5.41, 5.74) is 2.52. The van der Waals surface area contributed by atoms with Gasteiger partial charge >= 0.3 is 0 Å². The number of Topliss-reactive ketones (excluding diaryl/α,β-unsaturated/α-hetero) is 1. The minimum atomic E-state index is -0.504. The first-order chi connectivity index (χ1) is 15.2. The number of rotatable bonds is 7. The molecule has 0 radical (unpaired) electrons. The summed E-state index contributed by atoms with van der Waals surface area (Å²) in [5, 5.41) is 0. The van der Waals surface area contributed by atoms with Gasteiger partial charge < -0.3 is 0 Å². The molecule has 0 spiro atoms. The van der Waals surface area contributed by atoms with Crippen molar-refractivity contribution in [2.45, 2.75) is 44.4 Å². The zero-order chi connectivity index (χ0) is 21.5. The van der Waals surface area contributed by atoms with Crippen LogP contribution < -0.4 is 4.90 Å². The van der Waals surface area contributed by atoms with Crippen LogP contribution in [0.1, 0.15) is 50.0 Å². The van der Waals surface area contributed by atoms with E-state index in [1.54, 1.807) is 4.90 Å². The molecule has 3 nitrogen and oxygen atoms in total. The second-order valence-electron chi connectivity index (χ2n) is 8.31. The number of anilines is 2. The molecule has 0 unspecified atom stereocenters. The maximum absolute atomic E-state index is 14.0. The molecule has 1 fully saturated rings. The Labute approximate surface area is 184 Å². The Morgan fingerprint density at radius 2 is 1.19 bits per heavy atom. The fraction of sp³-hybridized carbons (Fsp3) is 0.286. The molecule has 1 amide bonds. The quantitative estimate of drug-likeness (QED) is 0.435. The molecule has 0 N–H and O–H groups in total. The van der Waals surface area contributed by atoms with Crippen LogP contribution in [0.2, 0.25) is 0 Å². The second kappa shape index (κ2) is 10.2. The normalized spacial score (nSPS) is 15.2. The van der Waals surface area contributed by atoms with Gasteiger partial charge in [0.15, 0.2) is 0 Å². The van der Waals surface area contributed by atoms with Gasteiger partial charge in [0.05, 0.1) is 5.92 Å². The summed E-state index contributed by atoms with van der Waals surface area (Å²) < 4.78 is 0. The summed E-state index contributed by atoms with van der Waals surface area (Å²) in [4.78, 5) is 29.0. The van der Waals surface area contributed by atoms with Crippen molar-refractivity contribution in [2.24, 2.45) is 5.92 Å². The fourth-order valence-electron chi connectivity index (χ4n) is 4.54. The van der Waals surface area contributed by atoms with Gasteiger partial charge in [0.1, 0.15) is 5.78 Å². The van der Waals surface area contributed by atoms with E-state index in [1.165, 1.54) is 6.42 Å². The van der Waals surface area contributed by atoms with E-state index >= 15 is 0 Å². The summed E-state index contributed by atoms with van der Waals surface area (Å²) in [7, 11) is 0. The second-order valence-corrected chi connectivity index (χ2v) is 8.31. The van der Waals surface area contributed by atoms with Gasteiger partial charge in [-0.25, -0.2) is 0 Å². The average Bonchev–Trinajstić information content (AvgIpc) is 2.85. The smallest absolute Gasteiger partial charge is 0.239 e. The van der Waals surface area contributed by atoms with Crippen LogP contribution in [0.5, 0.6) is 0 Å². The summed E-state index contributed by atoms with van der Waals surface area (Å²) in [6, 6.07) is 29.1. The minimum absolute atomic E-state index is 0.0623. The fourth-order valence-corrected chi connectivity index (χ4v) is 4.54. The van der Waals surface area contributed by atoms with Gasteiger partial charge in [-0.2, -0.15) is 0 Å². The lowest BCUT2D eigenvalue weighted by molar-refractivity contribution is -0.128. The number of ketones is 1. The Kier molecular flexibility index (Phi) is 6.93. The third-order valence-electron chi connectivity index (χ3n) is 6.22. The molecule has 0 heterocycles. The highest BCUT2D eigenvalue weighted by Gasteiger charge is 2.32. The molecule has 0 saturated heterocycles. The lowest BCUT2D eigenvalue weighted by atomic mass is 9.81. The standard InChI is InChI=1S/C28H29NO2/c30-27(23-15-7-2-8-16-23)21-26(22-13-5-1-6-14-22)28(31)29(24-17-9-3-10-18-24)25-19-11-4-12-20-25/h1,3-6,9-14,17-20,23,26H,2,7-8,15-16,21H2/t26-/m0/s1. The number of nitrogens with zero attached hydrogens (tertiary/aromatic N) is 1. The van der Waals surface area contributed by atoms with Gasteiger partial charge in [-0.3, -0.25) is 14.5 Å². The zero-order valence-electron chi connectivity index (χ0n) is 17.8. The van der Waals surface area contributed by atoms with E-state index in [4.69, 9.17) is 0 Å². The van der Waals surface area contributed by atoms with E-state index < -0.39 is 5.92 Å². The molecule has 3 aromatic carbocycles. The van der Waals surface area contributed by atoms with E-state index in [0.29, 0.717) is 0 Å². The minimum Gasteiger partial charge on any atom is -0.299 e. The van der Waals surface area contributed by atoms with Crippen molar-refractivity contribution < 1.29 is 9.59 Å². The number of carbonyl (C=O) groups excluding carboxylic acids is 2. The molecular weight excluding hydrogens is 382 g/mol. The summed E-state index contributed by atoms with van der Waals surface area (Å²) in [6.45, 7) is 0. The molecule has 4 rings (SSSR count). The van der Waals surface area contributed by atoms with Gasteiger partial charge in [0.25, 0.3) is 0 Å². The number of carbonyl (C=O) groups is 2. The van der Waals surface area contributed by atoms with Crippen molar-refractivity contribution >= 4 is 23.1 Å². The number of amides is 1. The summed E-state index contributed by atoms with van der Waals surface area (Å²) >= 11 is 0. The van der Waals surface area contributed by atoms with Gasteiger partial charge in [0.2, 0.25) is 5.91 Å². The number of hydrogen-bond acceptors (Lipinski definition) is 2. The lowest BCUT2D eigenvalue weighted by Gasteiger charge is -2.29. The monoisotopic (exact) mass is 411 g/mol. The topological polar surface area (TPSA) is 37.4 Å². The third-order valence-corrected chi connectivity index (χ3v) is 6.22. The van der Waals surface area contributed by atoms with E-state index in [1.807, 2.05) is 91.0 Å². The first-order valence-electron chi connectivity index (χ1n) is 11.3. The summed E-state index contributed by atoms with van der Waals surface area (Å²) in [6.07, 6.45) is 5.59. The maximum Gasteiger partial charge on any atom is 0.239 e.